The maximum absolute atomic E-state index is 13.0. The number of carbonyl (C=O) groups is 1. The molecule has 0 aliphatic carbocycles. The Kier molecular flexibility index (Phi) is 5.99. The predicted octanol–water partition coefficient (Wildman–Crippen LogP) is 3.54. The SMILES string of the molecule is O=C(Cn1c(-c2ccc(Cl)cc2)n[nH]c1=S)N1CCN(Cc2ccc3c(c2)CCO3)CC1. The number of fused-ring (bicyclic) bond motifs is 1. The maximum Gasteiger partial charge on any atom is 0.242 e. The molecule has 3 aromatic rings. The molecular formula is C23H24ClN5O2S. The van der Waals surface area contributed by atoms with Crippen molar-refractivity contribution in [1.82, 2.24) is 24.6 Å². The number of halogens is 1. The van der Waals surface area contributed by atoms with Gasteiger partial charge in [-0.05, 0) is 53.7 Å². The number of nitrogens with zero attached hydrogens (tertiary/aromatic N) is 4. The predicted molar refractivity (Wildman–Crippen MR) is 125 cm³/mol. The summed E-state index contributed by atoms with van der Waals surface area (Å²) in [5.74, 6) is 1.70. The zero-order valence-electron chi connectivity index (χ0n) is 17.6. The minimum atomic E-state index is 0.0482. The van der Waals surface area contributed by atoms with Crippen LogP contribution < -0.4 is 4.74 Å². The third kappa shape index (κ3) is 4.44. The van der Waals surface area contributed by atoms with E-state index in [-0.39, 0.29) is 12.5 Å². The summed E-state index contributed by atoms with van der Waals surface area (Å²) in [6.07, 6.45) is 0.986. The Morgan fingerprint density at radius 1 is 1.12 bits per heavy atom. The quantitative estimate of drug-likeness (QED) is 0.579. The second-order valence-electron chi connectivity index (χ2n) is 8.14. The first-order chi connectivity index (χ1) is 15.6. The van der Waals surface area contributed by atoms with E-state index < -0.39 is 0 Å². The van der Waals surface area contributed by atoms with E-state index in [1.807, 2.05) is 17.0 Å². The Bertz CT molecular complexity index is 1180. The van der Waals surface area contributed by atoms with E-state index in [2.05, 4.69) is 33.3 Å². The van der Waals surface area contributed by atoms with Crippen molar-refractivity contribution in [2.24, 2.45) is 0 Å². The Labute approximate surface area is 196 Å². The van der Waals surface area contributed by atoms with Crippen LogP contribution in [0.1, 0.15) is 11.1 Å². The molecule has 32 heavy (non-hydrogen) atoms. The molecule has 2 aliphatic heterocycles. The third-order valence-electron chi connectivity index (χ3n) is 6.04. The average molecular weight is 470 g/mol. The number of ether oxygens (including phenoxy) is 1. The number of aromatic amines is 1. The average Bonchev–Trinajstić information content (AvgIpc) is 3.41. The summed E-state index contributed by atoms with van der Waals surface area (Å²) in [6, 6.07) is 13.8. The van der Waals surface area contributed by atoms with Crippen LogP contribution in [0.5, 0.6) is 5.75 Å². The summed E-state index contributed by atoms with van der Waals surface area (Å²) in [5, 5.41) is 7.77. The van der Waals surface area contributed by atoms with E-state index in [9.17, 15) is 4.79 Å². The van der Waals surface area contributed by atoms with Crippen molar-refractivity contribution in [3.63, 3.8) is 0 Å². The molecule has 0 spiro atoms. The molecule has 0 atom stereocenters. The van der Waals surface area contributed by atoms with E-state index in [0.717, 1.165) is 44.0 Å². The molecule has 0 radical (unpaired) electrons. The monoisotopic (exact) mass is 469 g/mol. The lowest BCUT2D eigenvalue weighted by Gasteiger charge is -2.35. The van der Waals surface area contributed by atoms with Gasteiger partial charge in [-0.1, -0.05) is 23.7 Å². The molecule has 2 aliphatic rings. The van der Waals surface area contributed by atoms with Crippen LogP contribution >= 0.6 is 23.8 Å². The Hall–Kier alpha value is -2.68. The van der Waals surface area contributed by atoms with Gasteiger partial charge < -0.3 is 9.64 Å². The Morgan fingerprint density at radius 3 is 2.69 bits per heavy atom. The fourth-order valence-electron chi connectivity index (χ4n) is 4.27. The summed E-state index contributed by atoms with van der Waals surface area (Å²) >= 11 is 11.4. The van der Waals surface area contributed by atoms with Gasteiger partial charge in [0.05, 0.1) is 6.61 Å². The van der Waals surface area contributed by atoms with Gasteiger partial charge in [0.25, 0.3) is 0 Å². The van der Waals surface area contributed by atoms with Gasteiger partial charge in [-0.25, -0.2) is 0 Å². The number of hydrogen-bond acceptors (Lipinski definition) is 5. The van der Waals surface area contributed by atoms with Gasteiger partial charge in [-0.15, -0.1) is 0 Å². The highest BCUT2D eigenvalue weighted by molar-refractivity contribution is 7.71. The highest BCUT2D eigenvalue weighted by Gasteiger charge is 2.23. The van der Waals surface area contributed by atoms with Crippen molar-refractivity contribution in [3.8, 4) is 17.1 Å². The van der Waals surface area contributed by atoms with E-state index in [1.165, 1.54) is 11.1 Å². The number of H-pyrrole nitrogens is 1. The summed E-state index contributed by atoms with van der Waals surface area (Å²) < 4.78 is 7.78. The number of piperazine rings is 1. The molecule has 0 bridgehead atoms. The molecule has 9 heteroatoms. The minimum absolute atomic E-state index is 0.0482. The molecule has 1 saturated heterocycles. The fourth-order valence-corrected chi connectivity index (χ4v) is 4.59. The molecule has 5 rings (SSSR count). The molecular weight excluding hydrogens is 446 g/mol. The number of hydrogen-bond donors (Lipinski definition) is 1. The summed E-state index contributed by atoms with van der Waals surface area (Å²) in [7, 11) is 0. The zero-order chi connectivity index (χ0) is 22.1. The first kappa shape index (κ1) is 21.2. The highest BCUT2D eigenvalue weighted by atomic mass is 35.5. The molecule has 1 amide bonds. The van der Waals surface area contributed by atoms with E-state index in [0.29, 0.717) is 28.7 Å². The van der Waals surface area contributed by atoms with Crippen molar-refractivity contribution in [1.29, 1.82) is 0 Å². The van der Waals surface area contributed by atoms with Crippen molar-refractivity contribution in [3.05, 3.63) is 63.4 Å². The standard InChI is InChI=1S/C23H24ClN5O2S/c24-19-4-2-17(3-5-19)22-25-26-23(32)29(22)15-21(30)28-10-8-27(9-11-28)14-16-1-6-20-18(13-16)7-12-31-20/h1-6,13H,7-12,14-15H2,(H,26,32). The molecule has 3 heterocycles. The van der Waals surface area contributed by atoms with E-state index in [4.69, 9.17) is 28.6 Å². The number of aromatic nitrogens is 3. The summed E-state index contributed by atoms with van der Waals surface area (Å²) in [5.41, 5.74) is 3.45. The molecule has 2 aromatic carbocycles. The van der Waals surface area contributed by atoms with Gasteiger partial charge in [0.15, 0.2) is 10.6 Å². The van der Waals surface area contributed by atoms with Crippen LogP contribution in [0, 0.1) is 4.77 Å². The number of nitrogens with one attached hydrogen (secondary N) is 1. The lowest BCUT2D eigenvalue weighted by Crippen LogP contribution is -2.49. The van der Waals surface area contributed by atoms with Crippen molar-refractivity contribution in [2.75, 3.05) is 32.8 Å². The lowest BCUT2D eigenvalue weighted by atomic mass is 10.1. The van der Waals surface area contributed by atoms with Crippen molar-refractivity contribution in [2.45, 2.75) is 19.5 Å². The van der Waals surface area contributed by atoms with Crippen LogP contribution in [0.4, 0.5) is 0 Å². The molecule has 1 fully saturated rings. The van der Waals surface area contributed by atoms with Crippen molar-refractivity contribution >= 4 is 29.7 Å². The maximum atomic E-state index is 13.0. The molecule has 0 saturated carbocycles. The van der Waals surface area contributed by atoms with Gasteiger partial charge in [0.1, 0.15) is 12.3 Å². The topological polar surface area (TPSA) is 66.4 Å². The van der Waals surface area contributed by atoms with Gasteiger partial charge in [-0.3, -0.25) is 19.4 Å². The minimum Gasteiger partial charge on any atom is -0.493 e. The first-order valence-electron chi connectivity index (χ1n) is 10.7. The summed E-state index contributed by atoms with van der Waals surface area (Å²) in [6.45, 7) is 4.93. The fraction of sp³-hybridized carbons (Fsp3) is 0.348. The Morgan fingerprint density at radius 2 is 1.91 bits per heavy atom. The van der Waals surface area contributed by atoms with Crippen LogP contribution in [-0.2, 0) is 24.3 Å². The number of rotatable bonds is 5. The number of benzene rings is 2. The summed E-state index contributed by atoms with van der Waals surface area (Å²) in [4.78, 5) is 17.3. The zero-order valence-corrected chi connectivity index (χ0v) is 19.2. The van der Waals surface area contributed by atoms with Crippen molar-refractivity contribution < 1.29 is 9.53 Å². The van der Waals surface area contributed by atoms with Crippen LogP contribution in [0.15, 0.2) is 42.5 Å². The van der Waals surface area contributed by atoms with Crippen LogP contribution in [0.3, 0.4) is 0 Å². The van der Waals surface area contributed by atoms with Crippen LogP contribution in [0.25, 0.3) is 11.4 Å². The number of amides is 1. The molecule has 166 valence electrons. The smallest absolute Gasteiger partial charge is 0.242 e. The normalized spacial score (nSPS) is 16.1. The molecule has 0 unspecified atom stereocenters. The van der Waals surface area contributed by atoms with Crippen LogP contribution in [-0.4, -0.2) is 63.3 Å². The highest BCUT2D eigenvalue weighted by Crippen LogP contribution is 2.26. The second-order valence-corrected chi connectivity index (χ2v) is 8.97. The van der Waals surface area contributed by atoms with E-state index in [1.54, 1.807) is 16.7 Å². The number of carbonyl (C=O) groups excluding carboxylic acids is 1. The van der Waals surface area contributed by atoms with Gasteiger partial charge in [0, 0.05) is 49.7 Å². The van der Waals surface area contributed by atoms with Gasteiger partial charge in [-0.2, -0.15) is 5.10 Å². The first-order valence-corrected chi connectivity index (χ1v) is 11.5. The van der Waals surface area contributed by atoms with Gasteiger partial charge >= 0.3 is 0 Å². The lowest BCUT2D eigenvalue weighted by molar-refractivity contribution is -0.133. The largest absolute Gasteiger partial charge is 0.493 e. The van der Waals surface area contributed by atoms with E-state index >= 15 is 0 Å². The third-order valence-corrected chi connectivity index (χ3v) is 6.60. The Balaban J connectivity index is 1.20. The van der Waals surface area contributed by atoms with Gasteiger partial charge in [0.2, 0.25) is 5.91 Å². The molecule has 7 nitrogen and oxygen atoms in total. The molecule has 1 aromatic heterocycles. The second kappa shape index (κ2) is 9.05. The van der Waals surface area contributed by atoms with Crippen LogP contribution in [0.2, 0.25) is 5.02 Å². The molecule has 1 N–H and O–H groups in total.